The Labute approximate surface area is 162 Å². The Hall–Kier alpha value is -3.61. The summed E-state index contributed by atoms with van der Waals surface area (Å²) in [6.07, 6.45) is 3.83. The maximum absolute atomic E-state index is 12.9. The number of carbonyl (C=O) groups is 3. The van der Waals surface area contributed by atoms with E-state index in [4.69, 9.17) is 5.73 Å². The zero-order valence-electron chi connectivity index (χ0n) is 15.2. The molecule has 0 spiro atoms. The molecule has 0 radical (unpaired) electrons. The van der Waals surface area contributed by atoms with Gasteiger partial charge >= 0.3 is 0 Å². The van der Waals surface area contributed by atoms with Crippen molar-refractivity contribution in [1.82, 2.24) is 15.2 Å². The molecule has 0 aliphatic rings. The summed E-state index contributed by atoms with van der Waals surface area (Å²) in [6, 6.07) is 14.9. The molecule has 1 atom stereocenters. The number of aromatic nitrogens is 3. The van der Waals surface area contributed by atoms with Crippen LogP contribution in [0.3, 0.4) is 0 Å². The number of pyridine rings is 1. The number of ketones is 2. The van der Waals surface area contributed by atoms with Crippen LogP contribution in [0.5, 0.6) is 0 Å². The van der Waals surface area contributed by atoms with E-state index < -0.39 is 17.6 Å². The summed E-state index contributed by atoms with van der Waals surface area (Å²) in [5.74, 6) is -2.83. The maximum Gasteiger partial charge on any atom is 0.285 e. The Morgan fingerprint density at radius 2 is 1.79 bits per heavy atom. The Balaban J connectivity index is 1.77. The summed E-state index contributed by atoms with van der Waals surface area (Å²) in [5.41, 5.74) is 7.61. The second kappa shape index (κ2) is 8.85. The molecule has 1 aromatic carbocycles. The molecule has 3 rings (SSSR count). The number of aryl methyl sites for hydroxylation is 1. The molecule has 1 amide bonds. The first-order valence-corrected chi connectivity index (χ1v) is 8.91. The van der Waals surface area contributed by atoms with Gasteiger partial charge in [-0.3, -0.25) is 24.5 Å². The van der Waals surface area contributed by atoms with E-state index >= 15 is 0 Å². The number of nitrogens with one attached hydrogen (secondary N) is 1. The Bertz CT molecular complexity index is 968. The number of hydrogen-bond donors (Lipinski definition) is 2. The van der Waals surface area contributed by atoms with E-state index in [0.29, 0.717) is 29.8 Å². The van der Waals surface area contributed by atoms with Crippen LogP contribution in [-0.2, 0) is 16.0 Å². The summed E-state index contributed by atoms with van der Waals surface area (Å²) in [7, 11) is 0. The van der Waals surface area contributed by atoms with Crippen molar-refractivity contribution in [1.29, 1.82) is 0 Å². The summed E-state index contributed by atoms with van der Waals surface area (Å²) in [4.78, 5) is 40.8. The van der Waals surface area contributed by atoms with Crippen LogP contribution >= 0.6 is 0 Å². The fourth-order valence-corrected chi connectivity index (χ4v) is 3.05. The lowest BCUT2D eigenvalue weighted by atomic mass is 9.88. The highest BCUT2D eigenvalue weighted by Gasteiger charge is 2.27. The number of amides is 1. The number of hydrogen-bond acceptors (Lipinski definition) is 5. The minimum absolute atomic E-state index is 0.117. The van der Waals surface area contributed by atoms with Crippen molar-refractivity contribution < 1.29 is 14.4 Å². The lowest BCUT2D eigenvalue weighted by Crippen LogP contribution is -2.32. The number of carbonyl (C=O) groups excluding carboxylic acids is 3. The number of rotatable bonds is 9. The quantitative estimate of drug-likeness (QED) is 0.439. The molecule has 2 heterocycles. The minimum atomic E-state index is -1.02. The smallest absolute Gasteiger partial charge is 0.285 e. The van der Waals surface area contributed by atoms with Gasteiger partial charge in [0.25, 0.3) is 5.91 Å². The number of aromatic amines is 1. The average molecular weight is 376 g/mol. The lowest BCUT2D eigenvalue weighted by molar-refractivity contribution is -0.138. The summed E-state index contributed by atoms with van der Waals surface area (Å²) in [5, 5.41) is 6.71. The van der Waals surface area contributed by atoms with Gasteiger partial charge in [0.1, 0.15) is 0 Å². The first-order valence-electron chi connectivity index (χ1n) is 8.91. The Kier molecular flexibility index (Phi) is 6.06. The van der Waals surface area contributed by atoms with Gasteiger partial charge in [0.2, 0.25) is 5.78 Å². The predicted octanol–water partition coefficient (Wildman–Crippen LogP) is 2.35. The van der Waals surface area contributed by atoms with Gasteiger partial charge in [-0.25, -0.2) is 0 Å². The number of nitrogens with zero attached hydrogens (tertiary/aromatic N) is 2. The first-order chi connectivity index (χ1) is 13.6. The van der Waals surface area contributed by atoms with Crippen LogP contribution in [0.1, 0.15) is 28.8 Å². The number of H-pyrrole nitrogens is 1. The van der Waals surface area contributed by atoms with Crippen molar-refractivity contribution in [3.8, 4) is 11.4 Å². The van der Waals surface area contributed by atoms with Gasteiger partial charge in [0, 0.05) is 18.5 Å². The maximum atomic E-state index is 12.9. The standard InChI is InChI=1S/C21H20N4O3/c22-21(28)20(27)15(10-9-14-6-2-1-3-7-14)12-18(26)16-13-24-25-19(16)17-8-4-5-11-23-17/h1-8,11,13,15H,9-10,12H2,(H2,22,28)(H,24,25). The van der Waals surface area contributed by atoms with E-state index in [-0.39, 0.29) is 12.2 Å². The van der Waals surface area contributed by atoms with Crippen molar-refractivity contribution >= 4 is 17.5 Å². The van der Waals surface area contributed by atoms with Crippen LogP contribution in [0.25, 0.3) is 11.4 Å². The van der Waals surface area contributed by atoms with E-state index in [9.17, 15) is 14.4 Å². The highest BCUT2D eigenvalue weighted by molar-refractivity contribution is 6.36. The Morgan fingerprint density at radius 1 is 1.04 bits per heavy atom. The van der Waals surface area contributed by atoms with Gasteiger partial charge in [-0.05, 0) is 30.5 Å². The Morgan fingerprint density at radius 3 is 2.46 bits per heavy atom. The molecule has 0 saturated heterocycles. The third-order valence-corrected chi connectivity index (χ3v) is 4.53. The second-order valence-corrected chi connectivity index (χ2v) is 6.45. The molecule has 0 aliphatic carbocycles. The molecule has 3 N–H and O–H groups in total. The highest BCUT2D eigenvalue weighted by Crippen LogP contribution is 2.23. The van der Waals surface area contributed by atoms with E-state index in [0.717, 1.165) is 5.56 Å². The molecular formula is C21H20N4O3. The SMILES string of the molecule is NC(=O)C(=O)C(CCc1ccccc1)CC(=O)c1cn[nH]c1-c1ccccn1. The van der Waals surface area contributed by atoms with Crippen LogP contribution in [-0.4, -0.2) is 32.7 Å². The van der Waals surface area contributed by atoms with Crippen LogP contribution in [0.4, 0.5) is 0 Å². The van der Waals surface area contributed by atoms with E-state index in [2.05, 4.69) is 15.2 Å². The first kappa shape index (κ1) is 19.2. The predicted molar refractivity (Wildman–Crippen MR) is 103 cm³/mol. The number of nitrogens with two attached hydrogens (primary N) is 1. The summed E-state index contributed by atoms with van der Waals surface area (Å²) in [6.45, 7) is 0. The minimum Gasteiger partial charge on any atom is -0.363 e. The largest absolute Gasteiger partial charge is 0.363 e. The topological polar surface area (TPSA) is 119 Å². The second-order valence-electron chi connectivity index (χ2n) is 6.45. The third-order valence-electron chi connectivity index (χ3n) is 4.53. The molecule has 142 valence electrons. The third kappa shape index (κ3) is 4.56. The van der Waals surface area contributed by atoms with Crippen molar-refractivity contribution in [2.24, 2.45) is 11.7 Å². The molecule has 2 aromatic heterocycles. The van der Waals surface area contributed by atoms with Gasteiger partial charge in [0.15, 0.2) is 5.78 Å². The fourth-order valence-electron chi connectivity index (χ4n) is 3.05. The van der Waals surface area contributed by atoms with Crippen LogP contribution < -0.4 is 5.73 Å². The van der Waals surface area contributed by atoms with E-state index in [1.54, 1.807) is 24.4 Å². The molecule has 3 aromatic rings. The fraction of sp³-hybridized carbons (Fsp3) is 0.190. The zero-order valence-corrected chi connectivity index (χ0v) is 15.2. The average Bonchev–Trinajstić information content (AvgIpc) is 3.22. The van der Waals surface area contributed by atoms with Crippen molar-refractivity contribution in [3.63, 3.8) is 0 Å². The van der Waals surface area contributed by atoms with Crippen LogP contribution in [0, 0.1) is 5.92 Å². The van der Waals surface area contributed by atoms with Crippen molar-refractivity contribution in [2.45, 2.75) is 19.3 Å². The molecule has 1 unspecified atom stereocenters. The summed E-state index contributed by atoms with van der Waals surface area (Å²) >= 11 is 0. The number of primary amides is 1. The van der Waals surface area contributed by atoms with Gasteiger partial charge in [-0.15, -0.1) is 0 Å². The van der Waals surface area contributed by atoms with Crippen molar-refractivity contribution in [2.75, 3.05) is 0 Å². The van der Waals surface area contributed by atoms with Gasteiger partial charge in [-0.2, -0.15) is 5.10 Å². The molecule has 0 fully saturated rings. The van der Waals surface area contributed by atoms with Crippen LogP contribution in [0.2, 0.25) is 0 Å². The van der Waals surface area contributed by atoms with Gasteiger partial charge in [0.05, 0.1) is 23.1 Å². The number of Topliss-reactive ketones (excluding diaryl/α,β-unsaturated/α-hetero) is 2. The van der Waals surface area contributed by atoms with E-state index in [1.807, 2.05) is 30.3 Å². The van der Waals surface area contributed by atoms with E-state index in [1.165, 1.54) is 6.20 Å². The molecule has 0 aliphatic heterocycles. The summed E-state index contributed by atoms with van der Waals surface area (Å²) < 4.78 is 0. The zero-order chi connectivity index (χ0) is 19.9. The highest BCUT2D eigenvalue weighted by atomic mass is 16.2. The van der Waals surface area contributed by atoms with Crippen molar-refractivity contribution in [3.05, 3.63) is 72.1 Å². The van der Waals surface area contributed by atoms with Crippen LogP contribution in [0.15, 0.2) is 60.9 Å². The molecule has 0 saturated carbocycles. The van der Waals surface area contributed by atoms with Gasteiger partial charge < -0.3 is 5.73 Å². The van der Waals surface area contributed by atoms with Gasteiger partial charge in [-0.1, -0.05) is 36.4 Å². The number of benzene rings is 1. The molecule has 28 heavy (non-hydrogen) atoms. The lowest BCUT2D eigenvalue weighted by Gasteiger charge is -2.13. The molecule has 0 bridgehead atoms. The monoisotopic (exact) mass is 376 g/mol. The molecule has 7 nitrogen and oxygen atoms in total. The molecular weight excluding hydrogens is 356 g/mol. The molecule has 7 heteroatoms. The normalized spacial score (nSPS) is 11.7.